The molecule has 0 unspecified atom stereocenters. The van der Waals surface area contributed by atoms with E-state index < -0.39 is 0 Å². The lowest BCUT2D eigenvalue weighted by atomic mass is 10.1. The van der Waals surface area contributed by atoms with Crippen LogP contribution in [-0.2, 0) is 26.1 Å². The third kappa shape index (κ3) is 2.06. The van der Waals surface area contributed by atoms with Gasteiger partial charge in [0.25, 0.3) is 0 Å². The quantitative estimate of drug-likeness (QED) is 0.766. The predicted octanol–water partition coefficient (Wildman–Crippen LogP) is 0.643. The van der Waals surface area contributed by atoms with Gasteiger partial charge in [0.1, 0.15) is 0 Å². The van der Waals surface area contributed by atoms with Gasteiger partial charge in [0.2, 0.25) is 0 Å². The normalized spacial score (nSPS) is 15.7. The Kier molecular flexibility index (Phi) is 3.07. The Labute approximate surface area is 90.8 Å². The third-order valence-electron chi connectivity index (χ3n) is 2.82. The summed E-state index contributed by atoms with van der Waals surface area (Å²) in [5.74, 6) is 0.634. The highest BCUT2D eigenvalue weighted by molar-refractivity contribution is 5.28. The van der Waals surface area contributed by atoms with Crippen LogP contribution in [0.25, 0.3) is 0 Å². The van der Waals surface area contributed by atoms with Crippen molar-refractivity contribution in [3.05, 3.63) is 17.0 Å². The Morgan fingerprint density at radius 3 is 3.00 bits per heavy atom. The van der Waals surface area contributed by atoms with E-state index in [0.717, 1.165) is 31.7 Å². The first-order chi connectivity index (χ1) is 7.22. The van der Waals surface area contributed by atoms with Crippen molar-refractivity contribution in [2.24, 2.45) is 11.7 Å². The molecule has 0 saturated carbocycles. The van der Waals surface area contributed by atoms with E-state index in [9.17, 15) is 0 Å². The Morgan fingerprint density at radius 2 is 2.33 bits per heavy atom. The zero-order chi connectivity index (χ0) is 10.8. The molecule has 0 spiro atoms. The zero-order valence-electron chi connectivity index (χ0n) is 9.58. The number of hydrogen-bond acceptors (Lipinski definition) is 3. The van der Waals surface area contributed by atoms with Crippen molar-refractivity contribution < 1.29 is 0 Å². The average molecular weight is 208 g/mol. The molecule has 1 aromatic heterocycles. The van der Waals surface area contributed by atoms with Crippen LogP contribution in [0.4, 0.5) is 0 Å². The Morgan fingerprint density at radius 1 is 1.53 bits per heavy atom. The molecule has 1 aromatic rings. The maximum atomic E-state index is 5.71. The molecule has 0 aromatic carbocycles. The lowest BCUT2D eigenvalue weighted by molar-refractivity contribution is 0.458. The fourth-order valence-corrected chi connectivity index (χ4v) is 2.15. The molecular formula is C11H20N4. The van der Waals surface area contributed by atoms with E-state index in [4.69, 9.17) is 5.73 Å². The molecule has 0 amide bonds. The molecule has 0 bridgehead atoms. The second-order valence-electron chi connectivity index (χ2n) is 4.58. The third-order valence-corrected chi connectivity index (χ3v) is 2.82. The number of aromatic nitrogens is 2. The van der Waals surface area contributed by atoms with E-state index in [1.54, 1.807) is 0 Å². The van der Waals surface area contributed by atoms with Crippen LogP contribution in [0.1, 0.15) is 30.8 Å². The van der Waals surface area contributed by atoms with Crippen LogP contribution in [0.5, 0.6) is 0 Å². The Hall–Kier alpha value is -0.870. The SMILES string of the molecule is CC(C)Cn1nc(CN)c2c1CCNC2. The van der Waals surface area contributed by atoms with Gasteiger partial charge in [-0.2, -0.15) is 5.10 Å². The highest BCUT2D eigenvalue weighted by atomic mass is 15.3. The van der Waals surface area contributed by atoms with E-state index in [0.29, 0.717) is 12.5 Å². The van der Waals surface area contributed by atoms with Crippen LogP contribution in [0.2, 0.25) is 0 Å². The first-order valence-electron chi connectivity index (χ1n) is 5.70. The topological polar surface area (TPSA) is 55.9 Å². The summed E-state index contributed by atoms with van der Waals surface area (Å²) in [5.41, 5.74) is 9.51. The van der Waals surface area contributed by atoms with Crippen molar-refractivity contribution in [2.75, 3.05) is 6.54 Å². The molecule has 0 fully saturated rings. The van der Waals surface area contributed by atoms with Crippen LogP contribution in [0, 0.1) is 5.92 Å². The Bertz CT molecular complexity index is 341. The van der Waals surface area contributed by atoms with Gasteiger partial charge in [-0.3, -0.25) is 4.68 Å². The van der Waals surface area contributed by atoms with Crippen LogP contribution in [0.15, 0.2) is 0 Å². The smallest absolute Gasteiger partial charge is 0.0808 e. The molecule has 0 radical (unpaired) electrons. The van der Waals surface area contributed by atoms with Gasteiger partial charge >= 0.3 is 0 Å². The predicted molar refractivity (Wildman–Crippen MR) is 60.4 cm³/mol. The van der Waals surface area contributed by atoms with Crippen LogP contribution in [0.3, 0.4) is 0 Å². The number of nitrogens with one attached hydrogen (secondary N) is 1. The summed E-state index contributed by atoms with van der Waals surface area (Å²) < 4.78 is 2.16. The van der Waals surface area contributed by atoms with E-state index in [1.165, 1.54) is 11.3 Å². The highest BCUT2D eigenvalue weighted by Gasteiger charge is 2.19. The summed E-state index contributed by atoms with van der Waals surface area (Å²) in [6.45, 7) is 7.98. The zero-order valence-corrected chi connectivity index (χ0v) is 9.58. The first-order valence-corrected chi connectivity index (χ1v) is 5.70. The van der Waals surface area contributed by atoms with E-state index in [-0.39, 0.29) is 0 Å². The Balaban J connectivity index is 2.33. The summed E-state index contributed by atoms with van der Waals surface area (Å²) in [6, 6.07) is 0. The number of nitrogens with zero attached hydrogens (tertiary/aromatic N) is 2. The molecule has 4 nitrogen and oxygen atoms in total. The number of fused-ring (bicyclic) bond motifs is 1. The van der Waals surface area contributed by atoms with Crippen LogP contribution >= 0.6 is 0 Å². The van der Waals surface area contributed by atoms with Crippen LogP contribution < -0.4 is 11.1 Å². The van der Waals surface area contributed by atoms with E-state index in [1.807, 2.05) is 0 Å². The molecule has 0 atom stereocenters. The monoisotopic (exact) mass is 208 g/mol. The fraction of sp³-hybridized carbons (Fsp3) is 0.727. The van der Waals surface area contributed by atoms with Gasteiger partial charge in [-0.1, -0.05) is 13.8 Å². The minimum Gasteiger partial charge on any atom is -0.325 e. The standard InChI is InChI=1S/C11H20N4/c1-8(2)7-15-11-3-4-13-6-9(11)10(5-12)14-15/h8,13H,3-7,12H2,1-2H3. The lowest BCUT2D eigenvalue weighted by Gasteiger charge is -2.16. The average Bonchev–Trinajstić information content (AvgIpc) is 2.56. The summed E-state index contributed by atoms with van der Waals surface area (Å²) >= 11 is 0. The van der Waals surface area contributed by atoms with Gasteiger partial charge in [-0.25, -0.2) is 0 Å². The highest BCUT2D eigenvalue weighted by Crippen LogP contribution is 2.19. The van der Waals surface area contributed by atoms with Gasteiger partial charge in [-0.15, -0.1) is 0 Å². The number of hydrogen-bond donors (Lipinski definition) is 2. The van der Waals surface area contributed by atoms with Gasteiger partial charge in [0.05, 0.1) is 5.69 Å². The van der Waals surface area contributed by atoms with Crippen molar-refractivity contribution in [1.29, 1.82) is 0 Å². The molecular weight excluding hydrogens is 188 g/mol. The molecule has 84 valence electrons. The lowest BCUT2D eigenvalue weighted by Crippen LogP contribution is -2.25. The molecule has 0 aliphatic carbocycles. The van der Waals surface area contributed by atoms with E-state index >= 15 is 0 Å². The molecule has 1 aliphatic rings. The second-order valence-corrected chi connectivity index (χ2v) is 4.58. The minimum atomic E-state index is 0.551. The van der Waals surface area contributed by atoms with Crippen molar-refractivity contribution in [3.8, 4) is 0 Å². The maximum Gasteiger partial charge on any atom is 0.0808 e. The summed E-state index contributed by atoms with van der Waals surface area (Å²) in [6.07, 6.45) is 1.08. The summed E-state index contributed by atoms with van der Waals surface area (Å²) in [4.78, 5) is 0. The van der Waals surface area contributed by atoms with Crippen molar-refractivity contribution in [1.82, 2.24) is 15.1 Å². The summed E-state index contributed by atoms with van der Waals surface area (Å²) in [7, 11) is 0. The van der Waals surface area contributed by atoms with Crippen LogP contribution in [-0.4, -0.2) is 16.3 Å². The van der Waals surface area contributed by atoms with Gasteiger partial charge < -0.3 is 11.1 Å². The maximum absolute atomic E-state index is 5.71. The molecule has 2 heterocycles. The molecule has 1 aliphatic heterocycles. The molecule has 4 heteroatoms. The number of rotatable bonds is 3. The minimum absolute atomic E-state index is 0.551. The molecule has 3 N–H and O–H groups in total. The van der Waals surface area contributed by atoms with Gasteiger partial charge in [0.15, 0.2) is 0 Å². The second kappa shape index (κ2) is 4.33. The van der Waals surface area contributed by atoms with Crippen molar-refractivity contribution >= 4 is 0 Å². The molecule has 2 rings (SSSR count). The van der Waals surface area contributed by atoms with Gasteiger partial charge in [0, 0.05) is 43.9 Å². The van der Waals surface area contributed by atoms with Crippen molar-refractivity contribution in [2.45, 2.75) is 39.9 Å². The first kappa shape index (κ1) is 10.6. The fourth-order valence-electron chi connectivity index (χ4n) is 2.15. The van der Waals surface area contributed by atoms with E-state index in [2.05, 4.69) is 28.9 Å². The largest absolute Gasteiger partial charge is 0.325 e. The molecule has 15 heavy (non-hydrogen) atoms. The summed E-state index contributed by atoms with van der Waals surface area (Å²) in [5, 5.41) is 7.98. The van der Waals surface area contributed by atoms with Gasteiger partial charge in [-0.05, 0) is 5.92 Å². The number of nitrogens with two attached hydrogens (primary N) is 1. The molecule has 0 saturated heterocycles. The van der Waals surface area contributed by atoms with Crippen molar-refractivity contribution in [3.63, 3.8) is 0 Å².